The van der Waals surface area contributed by atoms with Crippen molar-refractivity contribution in [2.45, 2.75) is 23.5 Å². The van der Waals surface area contributed by atoms with E-state index in [1.807, 2.05) is 13.0 Å². The van der Waals surface area contributed by atoms with Crippen molar-refractivity contribution < 1.29 is 9.90 Å². The molecule has 0 spiro atoms. The molecule has 0 saturated heterocycles. The summed E-state index contributed by atoms with van der Waals surface area (Å²) in [6, 6.07) is 3.49. The topological polar surface area (TPSA) is 76.2 Å². The number of hydrogen-bond acceptors (Lipinski definition) is 4. The van der Waals surface area contributed by atoms with Crippen molar-refractivity contribution in [1.82, 2.24) is 4.98 Å². The Morgan fingerprint density at radius 2 is 2.47 bits per heavy atom. The zero-order valence-electron chi connectivity index (χ0n) is 8.51. The van der Waals surface area contributed by atoms with Crippen LogP contribution in [0.3, 0.4) is 0 Å². The molecule has 0 aromatic carbocycles. The number of aromatic nitrogens is 1. The quantitative estimate of drug-likeness (QED) is 0.736. The molecule has 0 radical (unpaired) electrons. The van der Waals surface area contributed by atoms with E-state index in [-0.39, 0.29) is 12.3 Å². The van der Waals surface area contributed by atoms with Gasteiger partial charge >= 0.3 is 0 Å². The second kappa shape index (κ2) is 5.72. The lowest BCUT2D eigenvalue weighted by Gasteiger charge is -2.09. The number of rotatable bonds is 5. The molecule has 1 unspecified atom stereocenters. The van der Waals surface area contributed by atoms with Crippen molar-refractivity contribution in [3.05, 3.63) is 24.0 Å². The summed E-state index contributed by atoms with van der Waals surface area (Å²) in [4.78, 5) is 15.7. The van der Waals surface area contributed by atoms with Crippen LogP contribution in [0.4, 0.5) is 0 Å². The van der Waals surface area contributed by atoms with Gasteiger partial charge in [0.25, 0.3) is 5.91 Å². The summed E-state index contributed by atoms with van der Waals surface area (Å²) in [5.74, 6) is -0.521. The van der Waals surface area contributed by atoms with Crippen LogP contribution in [0, 0.1) is 0 Å². The number of nitrogens with zero attached hydrogens (tertiary/aromatic N) is 1. The lowest BCUT2D eigenvalue weighted by Crippen LogP contribution is -2.12. The number of hydrogen-bond donors (Lipinski definition) is 2. The van der Waals surface area contributed by atoms with Gasteiger partial charge in [-0.05, 0) is 18.6 Å². The first-order valence-corrected chi connectivity index (χ1v) is 5.55. The lowest BCUT2D eigenvalue weighted by molar-refractivity contribution is 0.0995. The average Bonchev–Trinajstić information content (AvgIpc) is 2.18. The molecule has 0 aliphatic heterocycles. The molecule has 5 heteroatoms. The molecule has 1 atom stereocenters. The maximum atomic E-state index is 10.9. The van der Waals surface area contributed by atoms with Crippen LogP contribution in [0.25, 0.3) is 0 Å². The van der Waals surface area contributed by atoms with E-state index in [1.165, 1.54) is 0 Å². The number of amides is 1. The maximum absolute atomic E-state index is 10.9. The molecule has 1 heterocycles. The van der Waals surface area contributed by atoms with Crippen LogP contribution in [0.1, 0.15) is 23.8 Å². The predicted molar refractivity (Wildman–Crippen MR) is 59.8 cm³/mol. The number of thioether (sulfide) groups is 1. The van der Waals surface area contributed by atoms with E-state index in [9.17, 15) is 4.79 Å². The van der Waals surface area contributed by atoms with Gasteiger partial charge in [-0.1, -0.05) is 6.92 Å². The summed E-state index contributed by atoms with van der Waals surface area (Å²) >= 11 is 1.59. The molecule has 15 heavy (non-hydrogen) atoms. The highest BCUT2D eigenvalue weighted by atomic mass is 32.2. The van der Waals surface area contributed by atoms with Crippen molar-refractivity contribution in [1.29, 1.82) is 0 Å². The van der Waals surface area contributed by atoms with Gasteiger partial charge in [0.05, 0.1) is 0 Å². The van der Waals surface area contributed by atoms with Crippen molar-refractivity contribution in [3.63, 3.8) is 0 Å². The van der Waals surface area contributed by atoms with Crippen molar-refractivity contribution in [3.8, 4) is 0 Å². The Balaban J connectivity index is 2.69. The van der Waals surface area contributed by atoms with Gasteiger partial charge in [-0.25, -0.2) is 0 Å². The third-order valence-corrected chi connectivity index (χ3v) is 3.02. The fourth-order valence-electron chi connectivity index (χ4n) is 1.09. The number of aliphatic hydroxyl groups is 1. The number of carbonyl (C=O) groups is 1. The number of primary amides is 1. The Bertz CT molecular complexity index is 344. The highest BCUT2D eigenvalue weighted by Gasteiger charge is 2.07. The summed E-state index contributed by atoms with van der Waals surface area (Å²) in [5, 5.41) is 9.06. The van der Waals surface area contributed by atoms with E-state index in [0.717, 1.165) is 11.3 Å². The largest absolute Gasteiger partial charge is 0.396 e. The van der Waals surface area contributed by atoms with Gasteiger partial charge in [0.15, 0.2) is 0 Å². The van der Waals surface area contributed by atoms with E-state index >= 15 is 0 Å². The number of carbonyl (C=O) groups excluding carboxylic acids is 1. The summed E-state index contributed by atoms with van der Waals surface area (Å²) in [6.45, 7) is 2.19. The van der Waals surface area contributed by atoms with Crippen LogP contribution in [0.2, 0.25) is 0 Å². The van der Waals surface area contributed by atoms with Gasteiger partial charge in [0.2, 0.25) is 0 Å². The highest BCUT2D eigenvalue weighted by Crippen LogP contribution is 2.24. The van der Waals surface area contributed by atoms with E-state index in [4.69, 9.17) is 10.8 Å². The first kappa shape index (κ1) is 12.0. The molecular weight excluding hydrogens is 212 g/mol. The zero-order chi connectivity index (χ0) is 11.3. The van der Waals surface area contributed by atoms with Crippen LogP contribution in [-0.2, 0) is 0 Å². The second-order valence-corrected chi connectivity index (χ2v) is 4.69. The molecule has 0 fully saturated rings. The summed E-state index contributed by atoms with van der Waals surface area (Å²) in [7, 11) is 0. The van der Waals surface area contributed by atoms with E-state index < -0.39 is 5.91 Å². The molecule has 4 nitrogen and oxygen atoms in total. The van der Waals surface area contributed by atoms with Gasteiger partial charge < -0.3 is 10.8 Å². The maximum Gasteiger partial charge on any atom is 0.267 e. The first-order chi connectivity index (χ1) is 7.13. The number of pyridine rings is 1. The fraction of sp³-hybridized carbons (Fsp3) is 0.400. The summed E-state index contributed by atoms with van der Waals surface area (Å²) < 4.78 is 0. The molecule has 0 aliphatic carbocycles. The zero-order valence-corrected chi connectivity index (χ0v) is 9.33. The third kappa shape index (κ3) is 3.89. The Labute approximate surface area is 92.9 Å². The molecule has 0 saturated carbocycles. The monoisotopic (exact) mass is 226 g/mol. The minimum atomic E-state index is -0.521. The molecule has 1 aromatic rings. The normalized spacial score (nSPS) is 12.4. The van der Waals surface area contributed by atoms with Crippen LogP contribution >= 0.6 is 11.8 Å². The second-order valence-electron chi connectivity index (χ2n) is 3.18. The van der Waals surface area contributed by atoms with Crippen LogP contribution in [0.5, 0.6) is 0 Å². The molecule has 82 valence electrons. The van der Waals surface area contributed by atoms with Gasteiger partial charge in [0.1, 0.15) is 5.69 Å². The molecule has 1 aromatic heterocycles. The molecule has 1 amide bonds. The SMILES string of the molecule is CC(CCO)Sc1ccnc(C(N)=O)c1. The third-order valence-electron chi connectivity index (χ3n) is 1.86. The van der Waals surface area contributed by atoms with Gasteiger partial charge in [0, 0.05) is 22.9 Å². The summed E-state index contributed by atoms with van der Waals surface area (Å²) in [5.41, 5.74) is 5.40. The Kier molecular flexibility index (Phi) is 4.58. The van der Waals surface area contributed by atoms with Crippen LogP contribution in [0.15, 0.2) is 23.2 Å². The average molecular weight is 226 g/mol. The number of aliphatic hydroxyl groups excluding tert-OH is 1. The van der Waals surface area contributed by atoms with Crippen molar-refractivity contribution in [2.24, 2.45) is 5.73 Å². The van der Waals surface area contributed by atoms with E-state index in [0.29, 0.717) is 5.25 Å². The van der Waals surface area contributed by atoms with Gasteiger partial charge in [-0.2, -0.15) is 0 Å². The van der Waals surface area contributed by atoms with Crippen LogP contribution < -0.4 is 5.73 Å². The van der Waals surface area contributed by atoms with Crippen molar-refractivity contribution in [2.75, 3.05) is 6.61 Å². The minimum Gasteiger partial charge on any atom is -0.396 e. The van der Waals surface area contributed by atoms with Gasteiger partial charge in [-0.3, -0.25) is 9.78 Å². The van der Waals surface area contributed by atoms with E-state index in [2.05, 4.69) is 4.98 Å². The molecule has 1 rings (SSSR count). The van der Waals surface area contributed by atoms with E-state index in [1.54, 1.807) is 24.0 Å². The van der Waals surface area contributed by atoms with Crippen molar-refractivity contribution >= 4 is 17.7 Å². The molecule has 3 N–H and O–H groups in total. The minimum absolute atomic E-state index is 0.169. The van der Waals surface area contributed by atoms with Crippen LogP contribution in [-0.4, -0.2) is 27.9 Å². The molecular formula is C10H14N2O2S. The fourth-order valence-corrected chi connectivity index (χ4v) is 2.10. The first-order valence-electron chi connectivity index (χ1n) is 4.67. The van der Waals surface area contributed by atoms with Gasteiger partial charge in [-0.15, -0.1) is 11.8 Å². The Hall–Kier alpha value is -1.07. The summed E-state index contributed by atoms with van der Waals surface area (Å²) in [6.07, 6.45) is 2.28. The molecule has 0 aliphatic rings. The molecule has 0 bridgehead atoms. The smallest absolute Gasteiger partial charge is 0.267 e. The Morgan fingerprint density at radius 3 is 3.07 bits per heavy atom. The predicted octanol–water partition coefficient (Wildman–Crippen LogP) is 1.04. The highest BCUT2D eigenvalue weighted by molar-refractivity contribution is 7.99. The lowest BCUT2D eigenvalue weighted by atomic mass is 10.3. The Morgan fingerprint density at radius 1 is 1.73 bits per heavy atom. The standard InChI is InChI=1S/C10H14N2O2S/c1-7(3-5-13)15-8-2-4-12-9(6-8)10(11)14/h2,4,6-7,13H,3,5H2,1H3,(H2,11,14). The number of nitrogens with two attached hydrogens (primary N) is 1.